The van der Waals surface area contributed by atoms with Gasteiger partial charge >= 0.3 is 6.03 Å². The first-order chi connectivity index (χ1) is 8.66. The maximum Gasteiger partial charge on any atom is 0.315 e. The fourth-order valence-electron chi connectivity index (χ4n) is 2.00. The molecule has 1 atom stereocenters. The number of urea groups is 1. The molecule has 1 fully saturated rings. The number of nitrogens with one attached hydrogen (secondary N) is 2. The molecule has 0 aromatic carbocycles. The zero-order valence-electron chi connectivity index (χ0n) is 10.8. The molecule has 1 aromatic rings. The second kappa shape index (κ2) is 5.86. The van der Waals surface area contributed by atoms with Crippen molar-refractivity contribution in [3.8, 4) is 0 Å². The van der Waals surface area contributed by atoms with Crippen LogP contribution < -0.4 is 10.6 Å². The number of hydrogen-bond acceptors (Lipinski definition) is 4. The van der Waals surface area contributed by atoms with E-state index in [-0.39, 0.29) is 12.1 Å². The predicted molar refractivity (Wildman–Crippen MR) is 65.2 cm³/mol. The van der Waals surface area contributed by atoms with Gasteiger partial charge in [0, 0.05) is 25.3 Å². The van der Waals surface area contributed by atoms with Gasteiger partial charge in [0.05, 0.1) is 11.8 Å². The number of aryl methyl sites for hydroxylation is 2. The fraction of sp³-hybridized carbons (Fsp3) is 0.667. The normalized spacial score (nSPS) is 18.9. The molecule has 6 nitrogen and oxygen atoms in total. The van der Waals surface area contributed by atoms with Crippen LogP contribution in [0.5, 0.6) is 0 Å². The van der Waals surface area contributed by atoms with Crippen molar-refractivity contribution in [2.75, 3.05) is 13.2 Å². The van der Waals surface area contributed by atoms with Crippen LogP contribution >= 0.6 is 0 Å². The van der Waals surface area contributed by atoms with Gasteiger partial charge in [-0.1, -0.05) is 5.16 Å². The molecule has 0 aliphatic carbocycles. The number of rotatable bonds is 4. The van der Waals surface area contributed by atoms with Crippen LogP contribution in [0.15, 0.2) is 4.52 Å². The number of carbonyl (C=O) groups excluding carboxylic acids is 1. The van der Waals surface area contributed by atoms with Crippen LogP contribution in [0.3, 0.4) is 0 Å². The van der Waals surface area contributed by atoms with Gasteiger partial charge in [0.2, 0.25) is 0 Å². The van der Waals surface area contributed by atoms with Gasteiger partial charge in [-0.25, -0.2) is 4.79 Å². The van der Waals surface area contributed by atoms with Crippen LogP contribution in [0.2, 0.25) is 0 Å². The third-order valence-corrected chi connectivity index (χ3v) is 3.12. The largest absolute Gasteiger partial charge is 0.376 e. The number of amides is 2. The van der Waals surface area contributed by atoms with Gasteiger partial charge < -0.3 is 19.9 Å². The zero-order chi connectivity index (χ0) is 13.0. The highest BCUT2D eigenvalue weighted by Gasteiger charge is 2.16. The summed E-state index contributed by atoms with van der Waals surface area (Å²) in [6.07, 6.45) is 2.26. The summed E-state index contributed by atoms with van der Waals surface area (Å²) in [6, 6.07) is -0.189. The lowest BCUT2D eigenvalue weighted by molar-refractivity contribution is 0.111. The Morgan fingerprint density at radius 1 is 1.44 bits per heavy atom. The Kier molecular flexibility index (Phi) is 4.19. The van der Waals surface area contributed by atoms with Gasteiger partial charge in [-0.05, 0) is 26.7 Å². The average Bonchev–Trinajstić information content (AvgIpc) is 2.96. The van der Waals surface area contributed by atoms with Gasteiger partial charge in [-0.3, -0.25) is 0 Å². The third-order valence-electron chi connectivity index (χ3n) is 3.12. The average molecular weight is 253 g/mol. The number of ether oxygens (including phenoxy) is 1. The number of aromatic nitrogens is 1. The summed E-state index contributed by atoms with van der Waals surface area (Å²) in [7, 11) is 0. The van der Waals surface area contributed by atoms with E-state index in [1.165, 1.54) is 0 Å². The van der Waals surface area contributed by atoms with Crippen molar-refractivity contribution in [3.05, 3.63) is 17.0 Å². The van der Waals surface area contributed by atoms with Crippen molar-refractivity contribution in [2.45, 2.75) is 39.3 Å². The summed E-state index contributed by atoms with van der Waals surface area (Å²) < 4.78 is 10.5. The van der Waals surface area contributed by atoms with Crippen LogP contribution in [0.1, 0.15) is 29.9 Å². The van der Waals surface area contributed by atoms with Crippen molar-refractivity contribution in [1.29, 1.82) is 0 Å². The first kappa shape index (κ1) is 12.9. The van der Waals surface area contributed by atoms with E-state index in [1.807, 2.05) is 13.8 Å². The first-order valence-electron chi connectivity index (χ1n) is 6.22. The smallest absolute Gasteiger partial charge is 0.315 e. The highest BCUT2D eigenvalue weighted by atomic mass is 16.5. The van der Waals surface area contributed by atoms with Crippen molar-refractivity contribution in [1.82, 2.24) is 15.8 Å². The second-order valence-corrected chi connectivity index (χ2v) is 4.50. The van der Waals surface area contributed by atoms with E-state index in [1.54, 1.807) is 0 Å². The Labute approximate surface area is 106 Å². The van der Waals surface area contributed by atoms with Crippen molar-refractivity contribution < 1.29 is 14.1 Å². The molecule has 1 aliphatic heterocycles. The molecule has 18 heavy (non-hydrogen) atoms. The van der Waals surface area contributed by atoms with Gasteiger partial charge in [0.25, 0.3) is 0 Å². The Balaban J connectivity index is 1.71. The Morgan fingerprint density at radius 3 is 2.89 bits per heavy atom. The van der Waals surface area contributed by atoms with Crippen LogP contribution in [-0.2, 0) is 11.3 Å². The minimum absolute atomic E-state index is 0.162. The summed E-state index contributed by atoms with van der Waals surface area (Å²) in [5, 5.41) is 9.42. The quantitative estimate of drug-likeness (QED) is 0.847. The van der Waals surface area contributed by atoms with Crippen molar-refractivity contribution in [2.24, 2.45) is 0 Å². The molecule has 1 aromatic heterocycles. The minimum atomic E-state index is -0.189. The molecule has 2 heterocycles. The van der Waals surface area contributed by atoms with E-state index in [4.69, 9.17) is 9.26 Å². The van der Waals surface area contributed by atoms with Crippen LogP contribution in [0.25, 0.3) is 0 Å². The van der Waals surface area contributed by atoms with Crippen LogP contribution in [0, 0.1) is 13.8 Å². The summed E-state index contributed by atoms with van der Waals surface area (Å²) in [5.74, 6) is 0.743. The summed E-state index contributed by atoms with van der Waals surface area (Å²) in [4.78, 5) is 11.6. The van der Waals surface area contributed by atoms with E-state index < -0.39 is 0 Å². The first-order valence-corrected chi connectivity index (χ1v) is 6.22. The fourth-order valence-corrected chi connectivity index (χ4v) is 2.00. The minimum Gasteiger partial charge on any atom is -0.376 e. The van der Waals surface area contributed by atoms with Gasteiger partial charge in [-0.2, -0.15) is 0 Å². The molecule has 2 amide bonds. The van der Waals surface area contributed by atoms with Gasteiger partial charge in [0.15, 0.2) is 0 Å². The molecule has 2 rings (SSSR count). The summed E-state index contributed by atoms with van der Waals surface area (Å²) >= 11 is 0. The van der Waals surface area contributed by atoms with E-state index in [2.05, 4.69) is 15.8 Å². The molecule has 6 heteroatoms. The molecule has 2 N–H and O–H groups in total. The maximum atomic E-state index is 11.6. The molecule has 0 saturated carbocycles. The van der Waals surface area contributed by atoms with Crippen LogP contribution in [0.4, 0.5) is 4.79 Å². The summed E-state index contributed by atoms with van der Waals surface area (Å²) in [5.41, 5.74) is 1.74. The molecule has 0 radical (unpaired) electrons. The van der Waals surface area contributed by atoms with E-state index in [0.717, 1.165) is 36.5 Å². The molecule has 100 valence electrons. The second-order valence-electron chi connectivity index (χ2n) is 4.50. The maximum absolute atomic E-state index is 11.6. The molecule has 0 bridgehead atoms. The van der Waals surface area contributed by atoms with Crippen LogP contribution in [-0.4, -0.2) is 30.4 Å². The monoisotopic (exact) mass is 253 g/mol. The Morgan fingerprint density at radius 2 is 2.28 bits per heavy atom. The SMILES string of the molecule is Cc1noc(C)c1CNC(=O)NC[C@H]1CCCO1. The predicted octanol–water partition coefficient (Wildman–Crippen LogP) is 1.27. The number of hydrogen-bond donors (Lipinski definition) is 2. The van der Waals surface area contributed by atoms with Crippen molar-refractivity contribution in [3.63, 3.8) is 0 Å². The van der Waals surface area contributed by atoms with E-state index in [9.17, 15) is 4.79 Å². The molecule has 0 unspecified atom stereocenters. The van der Waals surface area contributed by atoms with Crippen molar-refractivity contribution >= 4 is 6.03 Å². The van der Waals surface area contributed by atoms with Gasteiger partial charge in [0.1, 0.15) is 5.76 Å². The standard InChI is InChI=1S/C12H19N3O3/c1-8-11(9(2)18-15-8)7-14-12(16)13-6-10-4-3-5-17-10/h10H,3-7H2,1-2H3,(H2,13,14,16)/t10-/m1/s1. The lowest BCUT2D eigenvalue weighted by Gasteiger charge is -2.11. The number of carbonyl (C=O) groups is 1. The lowest BCUT2D eigenvalue weighted by atomic mass is 10.2. The number of nitrogens with zero attached hydrogens (tertiary/aromatic N) is 1. The highest BCUT2D eigenvalue weighted by Crippen LogP contribution is 2.12. The summed E-state index contributed by atoms with van der Waals surface area (Å²) in [6.45, 7) is 5.48. The molecule has 0 spiro atoms. The van der Waals surface area contributed by atoms with Gasteiger partial charge in [-0.15, -0.1) is 0 Å². The molecule has 1 saturated heterocycles. The highest BCUT2D eigenvalue weighted by molar-refractivity contribution is 5.73. The van der Waals surface area contributed by atoms with E-state index >= 15 is 0 Å². The zero-order valence-corrected chi connectivity index (χ0v) is 10.8. The Bertz CT molecular complexity index is 391. The third kappa shape index (κ3) is 3.22. The Hall–Kier alpha value is -1.56. The molecular formula is C12H19N3O3. The van der Waals surface area contributed by atoms with E-state index in [0.29, 0.717) is 13.1 Å². The molecule has 1 aliphatic rings. The molecular weight excluding hydrogens is 234 g/mol. The lowest BCUT2D eigenvalue weighted by Crippen LogP contribution is -2.39. The topological polar surface area (TPSA) is 76.4 Å².